The largest absolute Gasteiger partial charge is 0.365 e. The summed E-state index contributed by atoms with van der Waals surface area (Å²) in [6.07, 6.45) is 7.75. The second-order valence-electron chi connectivity index (χ2n) is 5.68. The van der Waals surface area contributed by atoms with Crippen LogP contribution in [0.3, 0.4) is 0 Å². The maximum atomic E-state index is 6.16. The van der Waals surface area contributed by atoms with Crippen molar-refractivity contribution >= 4 is 17.4 Å². The lowest BCUT2D eigenvalue weighted by Crippen LogP contribution is -2.27. The summed E-state index contributed by atoms with van der Waals surface area (Å²) in [7, 11) is 0. The Balaban J connectivity index is 1.94. The number of hydrogen-bond acceptors (Lipinski definition) is 3. The summed E-state index contributed by atoms with van der Waals surface area (Å²) in [4.78, 5) is 8.84. The van der Waals surface area contributed by atoms with E-state index in [1.165, 1.54) is 38.5 Å². The van der Waals surface area contributed by atoms with E-state index in [1.807, 2.05) is 13.8 Å². The van der Waals surface area contributed by atoms with Crippen LogP contribution >= 0.6 is 11.6 Å². The molecule has 4 heteroatoms. The predicted molar refractivity (Wildman–Crippen MR) is 80.8 cm³/mol. The van der Waals surface area contributed by atoms with Crippen molar-refractivity contribution in [2.75, 3.05) is 5.32 Å². The lowest BCUT2D eigenvalue weighted by Gasteiger charge is -2.29. The Hall–Kier alpha value is -0.830. The van der Waals surface area contributed by atoms with E-state index >= 15 is 0 Å². The summed E-state index contributed by atoms with van der Waals surface area (Å²) >= 11 is 6.16. The molecular formula is C15H24ClN3. The minimum atomic E-state index is 0.499. The third kappa shape index (κ3) is 3.82. The van der Waals surface area contributed by atoms with Gasteiger partial charge in [-0.1, -0.05) is 31.4 Å². The molecule has 0 bridgehead atoms. The van der Waals surface area contributed by atoms with Gasteiger partial charge in [-0.3, -0.25) is 0 Å². The molecule has 0 saturated heterocycles. The molecule has 1 aromatic heterocycles. The zero-order chi connectivity index (χ0) is 13.8. The van der Waals surface area contributed by atoms with Crippen LogP contribution in [0.1, 0.15) is 56.8 Å². The summed E-state index contributed by atoms with van der Waals surface area (Å²) in [5.41, 5.74) is 1.86. The van der Waals surface area contributed by atoms with Crippen LogP contribution in [0.5, 0.6) is 0 Å². The lowest BCUT2D eigenvalue weighted by atomic mass is 9.83. The van der Waals surface area contributed by atoms with E-state index in [1.54, 1.807) is 0 Å². The van der Waals surface area contributed by atoms with Crippen molar-refractivity contribution < 1.29 is 0 Å². The van der Waals surface area contributed by atoms with E-state index in [-0.39, 0.29) is 0 Å². The number of aromatic nitrogens is 2. The van der Waals surface area contributed by atoms with Gasteiger partial charge in [0.25, 0.3) is 0 Å². The Morgan fingerprint density at radius 3 is 2.37 bits per heavy atom. The zero-order valence-electron chi connectivity index (χ0n) is 12.2. The van der Waals surface area contributed by atoms with Crippen LogP contribution in [-0.2, 0) is 0 Å². The van der Waals surface area contributed by atoms with E-state index < -0.39 is 0 Å². The topological polar surface area (TPSA) is 37.8 Å². The molecule has 1 fully saturated rings. The number of hydrogen-bond donors (Lipinski definition) is 1. The molecule has 3 nitrogen and oxygen atoms in total. The molecule has 0 aliphatic heterocycles. The molecule has 1 saturated carbocycles. The van der Waals surface area contributed by atoms with E-state index in [9.17, 15) is 0 Å². The Kier molecular flexibility index (Phi) is 5.03. The highest BCUT2D eigenvalue weighted by molar-refractivity contribution is 6.31. The second kappa shape index (κ2) is 6.56. The number of rotatable bonds is 4. The zero-order valence-corrected chi connectivity index (χ0v) is 12.9. The van der Waals surface area contributed by atoms with Gasteiger partial charge >= 0.3 is 0 Å². The summed E-state index contributed by atoms with van der Waals surface area (Å²) in [6, 6.07) is 0.502. The van der Waals surface area contributed by atoms with Crippen molar-refractivity contribution in [1.29, 1.82) is 0 Å². The van der Waals surface area contributed by atoms with Gasteiger partial charge in [0.15, 0.2) is 11.0 Å². The van der Waals surface area contributed by atoms with Gasteiger partial charge in [0.05, 0.1) is 11.4 Å². The maximum absolute atomic E-state index is 6.16. The Morgan fingerprint density at radius 2 is 1.74 bits per heavy atom. The molecule has 19 heavy (non-hydrogen) atoms. The monoisotopic (exact) mass is 281 g/mol. The fourth-order valence-corrected chi connectivity index (χ4v) is 3.09. The normalized spacial score (nSPS) is 23.4. The molecule has 0 aromatic carbocycles. The summed E-state index contributed by atoms with van der Waals surface area (Å²) in [6.45, 7) is 6.19. The Labute approximate surface area is 121 Å². The molecule has 1 heterocycles. The minimum Gasteiger partial charge on any atom is -0.365 e. The van der Waals surface area contributed by atoms with Crippen LogP contribution in [0.25, 0.3) is 0 Å². The molecule has 106 valence electrons. The van der Waals surface area contributed by atoms with E-state index in [0.717, 1.165) is 23.1 Å². The fraction of sp³-hybridized carbons (Fsp3) is 0.733. The number of halogens is 1. The van der Waals surface area contributed by atoms with Gasteiger partial charge < -0.3 is 5.32 Å². The lowest BCUT2D eigenvalue weighted by molar-refractivity contribution is 0.318. The van der Waals surface area contributed by atoms with Crippen molar-refractivity contribution in [3.8, 4) is 0 Å². The first-order chi connectivity index (χ1) is 9.10. The first-order valence-electron chi connectivity index (χ1n) is 7.37. The van der Waals surface area contributed by atoms with E-state index in [2.05, 4.69) is 22.2 Å². The number of nitrogens with one attached hydrogen (secondary N) is 1. The van der Waals surface area contributed by atoms with Gasteiger partial charge in [0.2, 0.25) is 0 Å². The van der Waals surface area contributed by atoms with Crippen molar-refractivity contribution in [3.63, 3.8) is 0 Å². The van der Waals surface area contributed by atoms with Crippen molar-refractivity contribution in [2.24, 2.45) is 5.92 Å². The third-order valence-electron chi connectivity index (χ3n) is 4.15. The standard InChI is InChI=1S/C15H24ClN3/c1-4-5-12-6-8-13(9-7-12)19-15-14(16)17-10(2)11(3)18-15/h12-13H,4-9H2,1-3H3,(H,18,19). The molecule has 1 aliphatic rings. The SMILES string of the molecule is CCCC1CCC(Nc2nc(C)c(C)nc2Cl)CC1. The third-order valence-corrected chi connectivity index (χ3v) is 4.41. The second-order valence-corrected chi connectivity index (χ2v) is 6.04. The Bertz CT molecular complexity index is 426. The van der Waals surface area contributed by atoms with Crippen molar-refractivity contribution in [2.45, 2.75) is 65.3 Å². The van der Waals surface area contributed by atoms with Gasteiger partial charge in [-0.2, -0.15) is 0 Å². The molecule has 0 atom stereocenters. The van der Waals surface area contributed by atoms with Gasteiger partial charge in [0, 0.05) is 6.04 Å². The van der Waals surface area contributed by atoms with Crippen LogP contribution in [-0.4, -0.2) is 16.0 Å². The molecule has 1 aliphatic carbocycles. The Morgan fingerprint density at radius 1 is 1.11 bits per heavy atom. The molecule has 1 N–H and O–H groups in total. The van der Waals surface area contributed by atoms with Crippen molar-refractivity contribution in [1.82, 2.24) is 9.97 Å². The van der Waals surface area contributed by atoms with Crippen LogP contribution in [0.2, 0.25) is 5.15 Å². The minimum absolute atomic E-state index is 0.499. The van der Waals surface area contributed by atoms with Crippen LogP contribution < -0.4 is 5.32 Å². The van der Waals surface area contributed by atoms with Gasteiger partial charge in [-0.25, -0.2) is 9.97 Å². The predicted octanol–water partition coefficient (Wildman–Crippen LogP) is 4.52. The molecule has 0 amide bonds. The molecule has 0 spiro atoms. The highest BCUT2D eigenvalue weighted by atomic mass is 35.5. The average molecular weight is 282 g/mol. The van der Waals surface area contributed by atoms with Gasteiger partial charge in [-0.15, -0.1) is 0 Å². The smallest absolute Gasteiger partial charge is 0.171 e. The molecule has 2 rings (SSSR count). The molecule has 0 unspecified atom stereocenters. The molecular weight excluding hydrogens is 258 g/mol. The average Bonchev–Trinajstić information content (AvgIpc) is 2.38. The van der Waals surface area contributed by atoms with E-state index in [0.29, 0.717) is 11.2 Å². The maximum Gasteiger partial charge on any atom is 0.171 e. The fourth-order valence-electron chi connectivity index (χ4n) is 2.86. The van der Waals surface area contributed by atoms with Crippen molar-refractivity contribution in [3.05, 3.63) is 16.5 Å². The van der Waals surface area contributed by atoms with E-state index in [4.69, 9.17) is 11.6 Å². The first-order valence-corrected chi connectivity index (χ1v) is 7.75. The van der Waals surface area contributed by atoms with Crippen LogP contribution in [0, 0.1) is 19.8 Å². The quantitative estimate of drug-likeness (QED) is 0.882. The van der Waals surface area contributed by atoms with Gasteiger partial charge in [0.1, 0.15) is 0 Å². The first kappa shape index (κ1) is 14.6. The van der Waals surface area contributed by atoms with Crippen LogP contribution in [0.15, 0.2) is 0 Å². The summed E-state index contributed by atoms with van der Waals surface area (Å²) < 4.78 is 0. The van der Waals surface area contributed by atoms with Crippen LogP contribution in [0.4, 0.5) is 5.82 Å². The number of nitrogens with zero attached hydrogens (tertiary/aromatic N) is 2. The summed E-state index contributed by atoms with van der Waals surface area (Å²) in [5.74, 6) is 1.67. The number of anilines is 1. The highest BCUT2D eigenvalue weighted by Gasteiger charge is 2.21. The highest BCUT2D eigenvalue weighted by Crippen LogP contribution is 2.30. The van der Waals surface area contributed by atoms with Gasteiger partial charge in [-0.05, 0) is 45.4 Å². The summed E-state index contributed by atoms with van der Waals surface area (Å²) in [5, 5.41) is 3.97. The molecule has 1 aromatic rings. The number of aryl methyl sites for hydroxylation is 2. The molecule has 0 radical (unpaired) electrons.